The SMILES string of the molecule is CCOC(=O)c1sc(-c2ccccc2)nc1CSc1cc(C(F)(F)F)cc(C(F)(F)F)c1. The van der Waals surface area contributed by atoms with Crippen molar-refractivity contribution in [3.05, 3.63) is 70.2 Å². The van der Waals surface area contributed by atoms with E-state index in [-0.39, 0.29) is 33.9 Å². The molecule has 0 N–H and O–H groups in total. The Kier molecular flexibility index (Phi) is 7.19. The standard InChI is InChI=1S/C21H15F6NO2S2/c1-2-30-19(29)17-16(28-18(32-17)12-6-4-3-5-7-12)11-31-15-9-13(20(22,23)24)8-14(10-15)21(25,26)27/h3-10H,2,11H2,1H3. The monoisotopic (exact) mass is 491 g/mol. The predicted octanol–water partition coefficient (Wildman–Crippen LogP) is 7.32. The molecule has 0 unspecified atom stereocenters. The molecular formula is C21H15F6NO2S2. The van der Waals surface area contributed by atoms with Crippen molar-refractivity contribution in [2.24, 2.45) is 0 Å². The third-order valence-corrected chi connectivity index (χ3v) is 6.23. The average Bonchev–Trinajstić information content (AvgIpc) is 3.16. The van der Waals surface area contributed by atoms with E-state index in [1.165, 1.54) is 0 Å². The molecule has 11 heteroatoms. The molecule has 2 aromatic carbocycles. The fourth-order valence-electron chi connectivity index (χ4n) is 2.67. The Balaban J connectivity index is 1.95. The summed E-state index contributed by atoms with van der Waals surface area (Å²) in [6.07, 6.45) is -9.87. The molecule has 0 bridgehead atoms. The van der Waals surface area contributed by atoms with Gasteiger partial charge in [-0.25, -0.2) is 9.78 Å². The van der Waals surface area contributed by atoms with Gasteiger partial charge in [-0.15, -0.1) is 23.1 Å². The number of benzene rings is 2. The van der Waals surface area contributed by atoms with Crippen LogP contribution < -0.4 is 0 Å². The first-order valence-corrected chi connectivity index (χ1v) is 10.9. The molecule has 32 heavy (non-hydrogen) atoms. The van der Waals surface area contributed by atoms with Gasteiger partial charge in [0.2, 0.25) is 0 Å². The second kappa shape index (κ2) is 9.53. The number of hydrogen-bond acceptors (Lipinski definition) is 5. The number of rotatable bonds is 6. The molecule has 3 nitrogen and oxygen atoms in total. The van der Waals surface area contributed by atoms with Gasteiger partial charge in [-0.2, -0.15) is 26.3 Å². The lowest BCUT2D eigenvalue weighted by atomic mass is 10.1. The molecule has 3 aromatic rings. The van der Waals surface area contributed by atoms with Crippen molar-refractivity contribution in [1.82, 2.24) is 4.98 Å². The molecule has 0 atom stereocenters. The third-order valence-electron chi connectivity index (χ3n) is 4.12. The minimum atomic E-state index is -4.94. The van der Waals surface area contributed by atoms with Crippen molar-refractivity contribution in [2.45, 2.75) is 29.9 Å². The number of carbonyl (C=O) groups excluding carboxylic acids is 1. The smallest absolute Gasteiger partial charge is 0.416 e. The van der Waals surface area contributed by atoms with E-state index in [1.807, 2.05) is 0 Å². The molecule has 0 aliphatic carbocycles. The molecule has 1 heterocycles. The summed E-state index contributed by atoms with van der Waals surface area (Å²) in [5.41, 5.74) is -1.85. The molecular weight excluding hydrogens is 476 g/mol. The summed E-state index contributed by atoms with van der Waals surface area (Å²) in [4.78, 5) is 16.6. The first-order valence-electron chi connectivity index (χ1n) is 9.13. The summed E-state index contributed by atoms with van der Waals surface area (Å²) >= 11 is 1.78. The summed E-state index contributed by atoms with van der Waals surface area (Å²) in [7, 11) is 0. The molecule has 0 spiro atoms. The number of halogens is 6. The van der Waals surface area contributed by atoms with Crippen LogP contribution >= 0.6 is 23.1 Å². The number of thiazole rings is 1. The van der Waals surface area contributed by atoms with E-state index in [2.05, 4.69) is 4.98 Å². The number of carbonyl (C=O) groups is 1. The van der Waals surface area contributed by atoms with E-state index in [1.54, 1.807) is 37.3 Å². The quantitative estimate of drug-likeness (QED) is 0.206. The van der Waals surface area contributed by atoms with E-state index >= 15 is 0 Å². The summed E-state index contributed by atoms with van der Waals surface area (Å²) in [6, 6.07) is 10.3. The number of thioether (sulfide) groups is 1. The van der Waals surface area contributed by atoms with Gasteiger partial charge in [0.25, 0.3) is 0 Å². The molecule has 0 saturated heterocycles. The maximum atomic E-state index is 13.1. The van der Waals surface area contributed by atoms with Gasteiger partial charge in [-0.3, -0.25) is 0 Å². The van der Waals surface area contributed by atoms with Crippen LogP contribution in [0.15, 0.2) is 53.4 Å². The van der Waals surface area contributed by atoms with Crippen molar-refractivity contribution in [3.63, 3.8) is 0 Å². The van der Waals surface area contributed by atoms with Crippen molar-refractivity contribution in [2.75, 3.05) is 6.61 Å². The number of ether oxygens (including phenoxy) is 1. The van der Waals surface area contributed by atoms with Crippen LogP contribution in [0.3, 0.4) is 0 Å². The van der Waals surface area contributed by atoms with Gasteiger partial charge in [0.05, 0.1) is 23.4 Å². The molecule has 0 fully saturated rings. The summed E-state index contributed by atoms with van der Waals surface area (Å²) in [6.45, 7) is 1.72. The van der Waals surface area contributed by atoms with Crippen molar-refractivity contribution in [1.29, 1.82) is 0 Å². The minimum Gasteiger partial charge on any atom is -0.462 e. The van der Waals surface area contributed by atoms with E-state index in [0.717, 1.165) is 28.7 Å². The van der Waals surface area contributed by atoms with Crippen LogP contribution in [0.2, 0.25) is 0 Å². The van der Waals surface area contributed by atoms with Crippen molar-refractivity contribution >= 4 is 29.1 Å². The van der Waals surface area contributed by atoms with Crippen LogP contribution in [0.4, 0.5) is 26.3 Å². The number of nitrogens with zero attached hydrogens (tertiary/aromatic N) is 1. The van der Waals surface area contributed by atoms with Crippen molar-refractivity contribution < 1.29 is 35.9 Å². The predicted molar refractivity (Wildman–Crippen MR) is 110 cm³/mol. The second-order valence-electron chi connectivity index (χ2n) is 6.41. The van der Waals surface area contributed by atoms with Gasteiger partial charge >= 0.3 is 18.3 Å². The minimum absolute atomic E-state index is 0.0739. The summed E-state index contributed by atoms with van der Waals surface area (Å²) in [5, 5.41) is 0.490. The zero-order chi connectivity index (χ0) is 23.5. The van der Waals surface area contributed by atoms with Gasteiger partial charge in [0, 0.05) is 16.2 Å². The number of hydrogen-bond donors (Lipinski definition) is 0. The van der Waals surface area contributed by atoms with Crippen LogP contribution in [0, 0.1) is 0 Å². The number of aromatic nitrogens is 1. The second-order valence-corrected chi connectivity index (χ2v) is 8.46. The number of esters is 1. The van der Waals surface area contributed by atoms with Crippen LogP contribution in [-0.2, 0) is 22.8 Å². The third kappa shape index (κ3) is 5.83. The molecule has 0 aliphatic heterocycles. The highest BCUT2D eigenvalue weighted by Gasteiger charge is 2.37. The first-order chi connectivity index (χ1) is 15.0. The van der Waals surface area contributed by atoms with Crippen LogP contribution in [-0.4, -0.2) is 17.6 Å². The van der Waals surface area contributed by atoms with Crippen LogP contribution in [0.25, 0.3) is 10.6 Å². The fourth-order valence-corrected chi connectivity index (χ4v) is 4.68. The molecule has 3 rings (SSSR count). The van der Waals surface area contributed by atoms with Crippen LogP contribution in [0.5, 0.6) is 0 Å². The van der Waals surface area contributed by atoms with Crippen molar-refractivity contribution in [3.8, 4) is 10.6 Å². The summed E-state index contributed by atoms with van der Waals surface area (Å²) in [5.74, 6) is -0.765. The Morgan fingerprint density at radius 3 is 2.12 bits per heavy atom. The largest absolute Gasteiger partial charge is 0.462 e. The normalized spacial score (nSPS) is 12.1. The Bertz CT molecular complexity index is 1060. The maximum Gasteiger partial charge on any atom is 0.416 e. The molecule has 0 saturated carbocycles. The molecule has 170 valence electrons. The Morgan fingerprint density at radius 1 is 1.00 bits per heavy atom. The lowest BCUT2D eigenvalue weighted by Crippen LogP contribution is -2.11. The van der Waals surface area contributed by atoms with Gasteiger partial charge in [-0.1, -0.05) is 30.3 Å². The fraction of sp³-hybridized carbons (Fsp3) is 0.238. The number of alkyl halides is 6. The Labute approximate surface area is 187 Å². The van der Waals surface area contributed by atoms with E-state index < -0.39 is 29.4 Å². The Morgan fingerprint density at radius 2 is 1.59 bits per heavy atom. The molecule has 0 aliphatic rings. The van der Waals surface area contributed by atoms with Gasteiger partial charge in [-0.05, 0) is 25.1 Å². The first kappa shape index (κ1) is 24.1. The average molecular weight is 491 g/mol. The zero-order valence-corrected chi connectivity index (χ0v) is 18.0. The summed E-state index contributed by atoms with van der Waals surface area (Å²) < 4.78 is 83.6. The van der Waals surface area contributed by atoms with Gasteiger partial charge < -0.3 is 4.74 Å². The topological polar surface area (TPSA) is 39.2 Å². The Hall–Kier alpha value is -2.53. The van der Waals surface area contributed by atoms with E-state index in [9.17, 15) is 31.1 Å². The highest BCUT2D eigenvalue weighted by Crippen LogP contribution is 2.39. The molecule has 1 aromatic heterocycles. The van der Waals surface area contributed by atoms with Gasteiger partial charge in [0.1, 0.15) is 9.88 Å². The van der Waals surface area contributed by atoms with E-state index in [4.69, 9.17) is 4.74 Å². The lowest BCUT2D eigenvalue weighted by Gasteiger charge is -2.14. The zero-order valence-electron chi connectivity index (χ0n) is 16.4. The van der Waals surface area contributed by atoms with Gasteiger partial charge in [0.15, 0.2) is 0 Å². The highest BCUT2D eigenvalue weighted by molar-refractivity contribution is 7.98. The highest BCUT2D eigenvalue weighted by atomic mass is 32.2. The molecule has 0 amide bonds. The lowest BCUT2D eigenvalue weighted by molar-refractivity contribution is -0.143. The van der Waals surface area contributed by atoms with Crippen LogP contribution in [0.1, 0.15) is 33.4 Å². The van der Waals surface area contributed by atoms with E-state index in [0.29, 0.717) is 17.1 Å². The maximum absolute atomic E-state index is 13.1. The molecule has 0 radical (unpaired) electrons.